The summed E-state index contributed by atoms with van der Waals surface area (Å²) in [5.41, 5.74) is 0. The molecule has 0 radical (unpaired) electrons. The Kier molecular flexibility index (Phi) is 4.14. The van der Waals surface area contributed by atoms with Crippen LogP contribution < -0.4 is 4.72 Å². The number of hydrogen-bond acceptors (Lipinski definition) is 4. The van der Waals surface area contributed by atoms with E-state index in [0.29, 0.717) is 11.8 Å². The van der Waals surface area contributed by atoms with Crippen molar-refractivity contribution in [2.75, 3.05) is 6.61 Å². The van der Waals surface area contributed by atoms with Crippen LogP contribution in [0.4, 0.5) is 0 Å². The van der Waals surface area contributed by atoms with Gasteiger partial charge in [0.15, 0.2) is 0 Å². The number of aliphatic hydroxyl groups excluding tert-OH is 1. The number of nitrogens with one attached hydrogen (secondary N) is 1. The van der Waals surface area contributed by atoms with Gasteiger partial charge in [0.05, 0.1) is 11.5 Å². The van der Waals surface area contributed by atoms with Crippen LogP contribution in [0.3, 0.4) is 0 Å². The first-order valence-corrected chi connectivity index (χ1v) is 7.52. The molecule has 2 rings (SSSR count). The second kappa shape index (κ2) is 5.64. The number of aromatic nitrogens is 1. The molecule has 2 aromatic rings. The lowest BCUT2D eigenvalue weighted by Crippen LogP contribution is -2.36. The van der Waals surface area contributed by atoms with Crippen LogP contribution in [0.25, 0.3) is 10.8 Å². The van der Waals surface area contributed by atoms with Gasteiger partial charge in [0.1, 0.15) is 0 Å². The molecular weight excluding hydrogens is 264 g/mol. The summed E-state index contributed by atoms with van der Waals surface area (Å²) in [6, 6.07) is 6.24. The number of aliphatic hydroxyl groups is 1. The highest BCUT2D eigenvalue weighted by Crippen LogP contribution is 2.22. The van der Waals surface area contributed by atoms with E-state index in [4.69, 9.17) is 5.11 Å². The zero-order valence-electron chi connectivity index (χ0n) is 10.6. The first kappa shape index (κ1) is 13.9. The normalized spacial score (nSPS) is 13.6. The fourth-order valence-corrected chi connectivity index (χ4v) is 3.40. The van der Waals surface area contributed by atoms with Gasteiger partial charge in [-0.25, -0.2) is 13.1 Å². The Balaban J connectivity index is 2.49. The maximum Gasteiger partial charge on any atom is 0.241 e. The lowest BCUT2D eigenvalue weighted by Gasteiger charge is -2.15. The minimum atomic E-state index is -3.65. The average Bonchev–Trinajstić information content (AvgIpc) is 2.44. The van der Waals surface area contributed by atoms with E-state index < -0.39 is 16.1 Å². The Morgan fingerprint density at radius 1 is 1.37 bits per heavy atom. The second-order valence-electron chi connectivity index (χ2n) is 4.26. The predicted octanol–water partition coefficient (Wildman–Crippen LogP) is 1.28. The summed E-state index contributed by atoms with van der Waals surface area (Å²) in [4.78, 5) is 4.18. The van der Waals surface area contributed by atoms with Crippen molar-refractivity contribution in [3.05, 3.63) is 36.7 Å². The van der Waals surface area contributed by atoms with Crippen LogP contribution in [0.5, 0.6) is 0 Å². The molecule has 1 heterocycles. The predicted molar refractivity (Wildman–Crippen MR) is 73.2 cm³/mol. The fraction of sp³-hybridized carbons (Fsp3) is 0.308. The average molecular weight is 280 g/mol. The van der Waals surface area contributed by atoms with Crippen LogP contribution in [-0.4, -0.2) is 31.2 Å². The molecule has 1 aromatic carbocycles. The quantitative estimate of drug-likeness (QED) is 0.865. The van der Waals surface area contributed by atoms with Gasteiger partial charge in [-0.15, -0.1) is 0 Å². The molecule has 19 heavy (non-hydrogen) atoms. The van der Waals surface area contributed by atoms with Crippen LogP contribution in [0.15, 0.2) is 41.6 Å². The van der Waals surface area contributed by atoms with E-state index in [1.54, 1.807) is 30.6 Å². The molecule has 0 saturated carbocycles. The molecule has 2 N–H and O–H groups in total. The maximum absolute atomic E-state index is 12.3. The van der Waals surface area contributed by atoms with E-state index in [9.17, 15) is 8.42 Å². The largest absolute Gasteiger partial charge is 0.395 e. The minimum absolute atomic E-state index is 0.208. The van der Waals surface area contributed by atoms with E-state index in [1.165, 1.54) is 0 Å². The number of sulfonamides is 1. The number of benzene rings is 1. The minimum Gasteiger partial charge on any atom is -0.395 e. The lowest BCUT2D eigenvalue weighted by atomic mass is 10.2. The van der Waals surface area contributed by atoms with E-state index in [2.05, 4.69) is 9.71 Å². The third-order valence-corrected chi connectivity index (χ3v) is 4.54. The van der Waals surface area contributed by atoms with Gasteiger partial charge in [0.2, 0.25) is 10.0 Å². The van der Waals surface area contributed by atoms with Gasteiger partial charge in [-0.3, -0.25) is 4.98 Å². The third-order valence-electron chi connectivity index (χ3n) is 2.97. The third kappa shape index (κ3) is 2.91. The molecule has 102 valence electrons. The molecule has 0 fully saturated rings. The highest BCUT2D eigenvalue weighted by atomic mass is 32.2. The molecule has 1 unspecified atom stereocenters. The number of nitrogens with zero attached hydrogens (tertiary/aromatic N) is 1. The Hall–Kier alpha value is -1.50. The summed E-state index contributed by atoms with van der Waals surface area (Å²) in [5, 5.41) is 10.5. The molecule has 0 aliphatic heterocycles. The van der Waals surface area contributed by atoms with Crippen LogP contribution in [0, 0.1) is 0 Å². The van der Waals surface area contributed by atoms with Gasteiger partial charge in [0.25, 0.3) is 0 Å². The Labute approximate surface area is 112 Å². The summed E-state index contributed by atoms with van der Waals surface area (Å²) in [5.74, 6) is 0. The Morgan fingerprint density at radius 2 is 2.16 bits per heavy atom. The first-order chi connectivity index (χ1) is 9.08. The highest BCUT2D eigenvalue weighted by molar-refractivity contribution is 7.89. The molecule has 0 aliphatic rings. The standard InChI is InChI=1S/C13H16N2O3S/c1-2-11(9-16)15-19(17,18)13-5-3-4-10-8-14-7-6-12(10)13/h3-8,11,15-16H,2,9H2,1H3. The first-order valence-electron chi connectivity index (χ1n) is 6.04. The molecule has 0 amide bonds. The van der Waals surface area contributed by atoms with Crippen molar-refractivity contribution in [2.24, 2.45) is 0 Å². The summed E-state index contributed by atoms with van der Waals surface area (Å²) in [7, 11) is -3.65. The molecule has 0 bridgehead atoms. The van der Waals surface area contributed by atoms with E-state index in [0.717, 1.165) is 5.39 Å². The number of hydrogen-bond donors (Lipinski definition) is 2. The van der Waals surface area contributed by atoms with Gasteiger partial charge >= 0.3 is 0 Å². The van der Waals surface area contributed by atoms with E-state index in [-0.39, 0.29) is 11.5 Å². The van der Waals surface area contributed by atoms with Crippen LogP contribution in [0.2, 0.25) is 0 Å². The van der Waals surface area contributed by atoms with Crippen LogP contribution in [0.1, 0.15) is 13.3 Å². The molecule has 1 aromatic heterocycles. The zero-order chi connectivity index (χ0) is 13.9. The molecular formula is C13H16N2O3S. The zero-order valence-corrected chi connectivity index (χ0v) is 11.4. The van der Waals surface area contributed by atoms with Gasteiger partial charge in [-0.05, 0) is 18.6 Å². The van der Waals surface area contributed by atoms with E-state index >= 15 is 0 Å². The topological polar surface area (TPSA) is 79.3 Å². The summed E-state index contributed by atoms with van der Waals surface area (Å²) < 4.78 is 27.2. The second-order valence-corrected chi connectivity index (χ2v) is 5.94. The fourth-order valence-electron chi connectivity index (χ4n) is 1.86. The summed E-state index contributed by atoms with van der Waals surface area (Å²) in [6.45, 7) is 1.60. The van der Waals surface area contributed by atoms with Gasteiger partial charge < -0.3 is 5.11 Å². The van der Waals surface area contributed by atoms with Gasteiger partial charge in [0, 0.05) is 29.2 Å². The Bertz CT molecular complexity index is 661. The van der Waals surface area contributed by atoms with Gasteiger partial charge in [-0.1, -0.05) is 19.1 Å². The number of pyridine rings is 1. The van der Waals surface area contributed by atoms with Crippen molar-refractivity contribution in [2.45, 2.75) is 24.3 Å². The molecule has 0 aliphatic carbocycles. The number of rotatable bonds is 5. The Morgan fingerprint density at radius 3 is 2.84 bits per heavy atom. The van der Waals surface area contributed by atoms with Crippen LogP contribution >= 0.6 is 0 Å². The van der Waals surface area contributed by atoms with Gasteiger partial charge in [-0.2, -0.15) is 0 Å². The maximum atomic E-state index is 12.3. The van der Waals surface area contributed by atoms with Crippen molar-refractivity contribution in [1.29, 1.82) is 0 Å². The summed E-state index contributed by atoms with van der Waals surface area (Å²) >= 11 is 0. The SMILES string of the molecule is CCC(CO)NS(=O)(=O)c1cccc2cnccc12. The molecule has 5 nitrogen and oxygen atoms in total. The van der Waals surface area contributed by atoms with E-state index in [1.807, 2.05) is 13.0 Å². The molecule has 0 saturated heterocycles. The van der Waals surface area contributed by atoms with Crippen molar-refractivity contribution in [1.82, 2.24) is 9.71 Å². The highest BCUT2D eigenvalue weighted by Gasteiger charge is 2.20. The molecule has 1 atom stereocenters. The molecule has 0 spiro atoms. The van der Waals surface area contributed by atoms with Crippen molar-refractivity contribution < 1.29 is 13.5 Å². The van der Waals surface area contributed by atoms with Crippen molar-refractivity contribution >= 4 is 20.8 Å². The number of fused-ring (bicyclic) bond motifs is 1. The van der Waals surface area contributed by atoms with Crippen LogP contribution in [-0.2, 0) is 10.0 Å². The summed E-state index contributed by atoms with van der Waals surface area (Å²) in [6.07, 6.45) is 3.71. The monoisotopic (exact) mass is 280 g/mol. The smallest absolute Gasteiger partial charge is 0.241 e. The molecule has 6 heteroatoms. The van der Waals surface area contributed by atoms with Crippen molar-refractivity contribution in [3.8, 4) is 0 Å². The van der Waals surface area contributed by atoms with Crippen molar-refractivity contribution in [3.63, 3.8) is 0 Å². The lowest BCUT2D eigenvalue weighted by molar-refractivity contribution is 0.254.